The van der Waals surface area contributed by atoms with E-state index in [1.807, 2.05) is 47.4 Å². The highest BCUT2D eigenvalue weighted by Gasteiger charge is 2.27. The van der Waals surface area contributed by atoms with Crippen LogP contribution in [0.3, 0.4) is 0 Å². The first kappa shape index (κ1) is 18.8. The van der Waals surface area contributed by atoms with E-state index in [4.69, 9.17) is 15.2 Å². The van der Waals surface area contributed by atoms with Crippen molar-refractivity contribution < 1.29 is 14.3 Å². The maximum absolute atomic E-state index is 13.3. The van der Waals surface area contributed by atoms with Gasteiger partial charge >= 0.3 is 0 Å². The van der Waals surface area contributed by atoms with Gasteiger partial charge in [0, 0.05) is 31.1 Å². The molecule has 30 heavy (non-hydrogen) atoms. The fourth-order valence-electron chi connectivity index (χ4n) is 4.66. The Hall–Kier alpha value is -3.21. The summed E-state index contributed by atoms with van der Waals surface area (Å²) in [6.45, 7) is 1.92. The highest BCUT2D eigenvalue weighted by atomic mass is 16.7. The highest BCUT2D eigenvalue weighted by Crippen LogP contribution is 2.41. The number of ether oxygens (including phenoxy) is 2. The monoisotopic (exact) mass is 402 g/mol. The lowest BCUT2D eigenvalue weighted by atomic mass is 9.83. The largest absolute Gasteiger partial charge is 0.454 e. The first-order chi connectivity index (χ1) is 14.7. The quantitative estimate of drug-likeness (QED) is 0.643. The number of nitrogen functional groups attached to an aromatic ring is 1. The molecule has 5 heteroatoms. The van der Waals surface area contributed by atoms with Crippen molar-refractivity contribution in [1.82, 2.24) is 4.90 Å². The first-order valence-electron chi connectivity index (χ1n) is 10.6. The molecule has 2 aliphatic rings. The van der Waals surface area contributed by atoms with Gasteiger partial charge in [-0.1, -0.05) is 36.4 Å². The topological polar surface area (TPSA) is 64.8 Å². The van der Waals surface area contributed by atoms with Crippen LogP contribution in [0.25, 0.3) is 10.8 Å². The number of hydrogen-bond acceptors (Lipinski definition) is 4. The molecule has 0 bridgehead atoms. The summed E-state index contributed by atoms with van der Waals surface area (Å²) in [5.41, 5.74) is 9.25. The lowest BCUT2D eigenvalue weighted by Crippen LogP contribution is -2.36. The zero-order chi connectivity index (χ0) is 20.5. The molecule has 2 N–H and O–H groups in total. The summed E-state index contributed by atoms with van der Waals surface area (Å²) in [5.74, 6) is 1.50. The van der Waals surface area contributed by atoms with Crippen LogP contribution in [0, 0.1) is 0 Å². The number of nitrogens with zero attached hydrogens (tertiary/aromatic N) is 1. The van der Waals surface area contributed by atoms with Gasteiger partial charge in [-0.15, -0.1) is 0 Å². The minimum Gasteiger partial charge on any atom is -0.454 e. The predicted molar refractivity (Wildman–Crippen MR) is 118 cm³/mol. The molecular formula is C25H26N2O3. The number of benzene rings is 3. The Bertz CT molecular complexity index is 1090. The zero-order valence-electron chi connectivity index (χ0n) is 17.0. The highest BCUT2D eigenvalue weighted by molar-refractivity contribution is 5.92. The van der Waals surface area contributed by atoms with Gasteiger partial charge in [0.05, 0.1) is 0 Å². The summed E-state index contributed by atoms with van der Waals surface area (Å²) in [6, 6.07) is 18.2. The molecule has 5 rings (SSSR count). The predicted octanol–water partition coefficient (Wildman–Crippen LogP) is 4.69. The summed E-state index contributed by atoms with van der Waals surface area (Å²) in [5, 5.41) is 2.21. The zero-order valence-corrected chi connectivity index (χ0v) is 17.0. The third kappa shape index (κ3) is 3.45. The summed E-state index contributed by atoms with van der Waals surface area (Å²) in [6.07, 6.45) is 3.75. The average molecular weight is 402 g/mol. The van der Waals surface area contributed by atoms with Crippen LogP contribution >= 0.6 is 0 Å². The van der Waals surface area contributed by atoms with Crippen molar-refractivity contribution in [2.45, 2.75) is 31.6 Å². The Morgan fingerprint density at radius 2 is 1.77 bits per heavy atom. The molecule has 3 aromatic carbocycles. The lowest BCUT2D eigenvalue weighted by molar-refractivity contribution is -0.132. The number of anilines is 1. The van der Waals surface area contributed by atoms with Gasteiger partial charge in [0.15, 0.2) is 11.5 Å². The van der Waals surface area contributed by atoms with E-state index in [1.54, 1.807) is 0 Å². The molecule has 2 aliphatic heterocycles. The lowest BCUT2D eigenvalue weighted by Gasteiger charge is -2.29. The van der Waals surface area contributed by atoms with Crippen LogP contribution in [0.4, 0.5) is 5.69 Å². The molecular weight excluding hydrogens is 376 g/mol. The average Bonchev–Trinajstić information content (AvgIpc) is 3.26. The van der Waals surface area contributed by atoms with E-state index >= 15 is 0 Å². The molecule has 0 spiro atoms. The number of carbonyl (C=O) groups excluding carboxylic acids is 1. The van der Waals surface area contributed by atoms with Crippen LogP contribution in [-0.4, -0.2) is 30.7 Å². The Kier molecular flexibility index (Phi) is 4.95. The third-order valence-corrected chi connectivity index (χ3v) is 6.24. The van der Waals surface area contributed by atoms with E-state index in [2.05, 4.69) is 12.1 Å². The van der Waals surface area contributed by atoms with Crippen LogP contribution < -0.4 is 15.2 Å². The maximum atomic E-state index is 13.3. The van der Waals surface area contributed by atoms with Gasteiger partial charge in [-0.3, -0.25) is 4.79 Å². The standard InChI is InChI=1S/C25H26N2O3/c26-21-10-8-17-6-2-3-7-19(17)25(21)20(15-24(28)27-12-4-1-5-13-27)18-9-11-22-23(14-18)30-16-29-22/h2-3,6-11,14,20H,1,4-5,12-13,15-16,26H2. The molecule has 3 aromatic rings. The van der Waals surface area contributed by atoms with Crippen molar-refractivity contribution in [2.75, 3.05) is 25.6 Å². The SMILES string of the molecule is Nc1ccc2ccccc2c1C(CC(=O)N1CCCCC1)c1ccc2c(c1)OCO2. The van der Waals surface area contributed by atoms with Gasteiger partial charge in [0.1, 0.15) is 0 Å². The van der Waals surface area contributed by atoms with Gasteiger partial charge < -0.3 is 20.1 Å². The Morgan fingerprint density at radius 1 is 0.967 bits per heavy atom. The van der Waals surface area contributed by atoms with Gasteiger partial charge in [0.2, 0.25) is 12.7 Å². The number of piperidine rings is 1. The maximum Gasteiger partial charge on any atom is 0.231 e. The molecule has 0 aromatic heterocycles. The summed E-state index contributed by atoms with van der Waals surface area (Å²) in [4.78, 5) is 15.3. The fourth-order valence-corrected chi connectivity index (χ4v) is 4.66. The molecule has 1 atom stereocenters. The molecule has 1 fully saturated rings. The van der Waals surface area contributed by atoms with Crippen molar-refractivity contribution in [3.63, 3.8) is 0 Å². The van der Waals surface area contributed by atoms with Crippen LogP contribution in [-0.2, 0) is 4.79 Å². The van der Waals surface area contributed by atoms with Gasteiger partial charge in [-0.25, -0.2) is 0 Å². The molecule has 1 amide bonds. The minimum atomic E-state index is -0.153. The molecule has 5 nitrogen and oxygen atoms in total. The van der Waals surface area contributed by atoms with Gasteiger partial charge in [-0.05, 0) is 59.4 Å². The van der Waals surface area contributed by atoms with E-state index in [-0.39, 0.29) is 18.6 Å². The summed E-state index contributed by atoms with van der Waals surface area (Å²) >= 11 is 0. The number of hydrogen-bond donors (Lipinski definition) is 1. The summed E-state index contributed by atoms with van der Waals surface area (Å²) < 4.78 is 11.1. The molecule has 2 heterocycles. The Balaban J connectivity index is 1.60. The second-order valence-electron chi connectivity index (χ2n) is 8.10. The first-order valence-corrected chi connectivity index (χ1v) is 10.6. The second kappa shape index (κ2) is 7.90. The van der Waals surface area contributed by atoms with E-state index in [1.165, 1.54) is 6.42 Å². The minimum absolute atomic E-state index is 0.153. The number of rotatable bonds is 4. The van der Waals surface area contributed by atoms with Crippen LogP contribution in [0.2, 0.25) is 0 Å². The van der Waals surface area contributed by atoms with Crippen molar-refractivity contribution in [2.24, 2.45) is 0 Å². The Morgan fingerprint density at radius 3 is 2.63 bits per heavy atom. The molecule has 0 radical (unpaired) electrons. The van der Waals surface area contributed by atoms with Gasteiger partial charge in [-0.2, -0.15) is 0 Å². The fraction of sp³-hybridized carbons (Fsp3) is 0.320. The molecule has 0 aliphatic carbocycles. The van der Waals surface area contributed by atoms with Crippen molar-refractivity contribution >= 4 is 22.4 Å². The molecule has 1 unspecified atom stereocenters. The summed E-state index contributed by atoms with van der Waals surface area (Å²) in [7, 11) is 0. The normalized spacial score (nSPS) is 16.6. The Labute approximate surface area is 176 Å². The number of carbonyl (C=O) groups is 1. The second-order valence-corrected chi connectivity index (χ2v) is 8.10. The van der Waals surface area contributed by atoms with E-state index in [0.717, 1.165) is 59.3 Å². The van der Waals surface area contributed by atoms with E-state index in [0.29, 0.717) is 12.1 Å². The molecule has 0 saturated carbocycles. The van der Waals surface area contributed by atoms with E-state index < -0.39 is 0 Å². The van der Waals surface area contributed by atoms with Crippen LogP contribution in [0.5, 0.6) is 11.5 Å². The van der Waals surface area contributed by atoms with Crippen LogP contribution in [0.15, 0.2) is 54.6 Å². The molecule has 1 saturated heterocycles. The van der Waals surface area contributed by atoms with E-state index in [9.17, 15) is 4.79 Å². The molecule has 154 valence electrons. The van der Waals surface area contributed by atoms with Crippen molar-refractivity contribution in [3.8, 4) is 11.5 Å². The van der Waals surface area contributed by atoms with Crippen molar-refractivity contribution in [3.05, 3.63) is 65.7 Å². The number of amides is 1. The van der Waals surface area contributed by atoms with Crippen molar-refractivity contribution in [1.29, 1.82) is 0 Å². The third-order valence-electron chi connectivity index (χ3n) is 6.24. The number of likely N-dealkylation sites (tertiary alicyclic amines) is 1. The number of nitrogens with two attached hydrogens (primary N) is 1. The van der Waals surface area contributed by atoms with Gasteiger partial charge in [0.25, 0.3) is 0 Å². The number of fused-ring (bicyclic) bond motifs is 2. The van der Waals surface area contributed by atoms with Crippen LogP contribution in [0.1, 0.15) is 42.7 Å². The smallest absolute Gasteiger partial charge is 0.231 e.